The fraction of sp³-hybridized carbons (Fsp3) is 0.500. The maximum Gasteiger partial charge on any atom is 0.408 e. The van der Waals surface area contributed by atoms with Gasteiger partial charge in [0.2, 0.25) is 0 Å². The Morgan fingerprint density at radius 1 is 1.16 bits per heavy atom. The molecule has 0 aliphatic carbocycles. The zero-order valence-corrected chi connectivity index (χ0v) is 19.2. The first-order valence-corrected chi connectivity index (χ1v) is 10.8. The molecule has 174 valence electrons. The van der Waals surface area contributed by atoms with Crippen molar-refractivity contribution in [3.05, 3.63) is 53.7 Å². The van der Waals surface area contributed by atoms with E-state index in [1.54, 1.807) is 12.1 Å². The van der Waals surface area contributed by atoms with Crippen LogP contribution in [0.4, 0.5) is 19.4 Å². The lowest BCUT2D eigenvalue weighted by molar-refractivity contribution is 0.0128. The number of pyridine rings is 1. The number of halogens is 2. The number of hydrogen-bond acceptors (Lipinski definition) is 5. The standard InChI is InChI=1S/C24H31F2N3O3/c1-16(27-22(30)32-23(2,3)4)17-9-11-18(12-10-17)31-19-13-14-29(15-19)21-8-6-7-20(28-21)24(5,25)26/h6-12,16,19H,13-15H2,1-5H3,(H,27,30)/t16-,19+/m0/s1. The van der Waals surface area contributed by atoms with Crippen LogP contribution in [0.5, 0.6) is 5.75 Å². The predicted molar refractivity (Wildman–Crippen MR) is 119 cm³/mol. The Morgan fingerprint density at radius 3 is 2.47 bits per heavy atom. The molecule has 1 aromatic heterocycles. The number of hydrogen-bond donors (Lipinski definition) is 1. The first kappa shape index (κ1) is 23.8. The van der Waals surface area contributed by atoms with Gasteiger partial charge in [0.1, 0.15) is 29.0 Å². The molecule has 6 nitrogen and oxygen atoms in total. The quantitative estimate of drug-likeness (QED) is 0.639. The number of ether oxygens (including phenoxy) is 2. The topological polar surface area (TPSA) is 63.7 Å². The molecule has 0 bridgehead atoms. The number of alkyl carbamates (subject to hydrolysis) is 1. The Labute approximate surface area is 187 Å². The normalized spacial score (nSPS) is 17.7. The Balaban J connectivity index is 1.55. The number of anilines is 1. The molecule has 8 heteroatoms. The van der Waals surface area contributed by atoms with Crippen molar-refractivity contribution in [3.8, 4) is 5.75 Å². The van der Waals surface area contributed by atoms with E-state index in [0.29, 0.717) is 24.7 Å². The Kier molecular flexibility index (Phi) is 6.91. The maximum absolute atomic E-state index is 13.6. The zero-order chi connectivity index (χ0) is 23.5. The molecule has 1 aliphatic heterocycles. The summed E-state index contributed by atoms with van der Waals surface area (Å²) < 4.78 is 38.5. The Morgan fingerprint density at radius 2 is 1.84 bits per heavy atom. The number of benzene rings is 1. The van der Waals surface area contributed by atoms with E-state index in [4.69, 9.17) is 9.47 Å². The first-order valence-electron chi connectivity index (χ1n) is 10.8. The molecular formula is C24H31F2N3O3. The van der Waals surface area contributed by atoms with E-state index in [-0.39, 0.29) is 17.8 Å². The van der Waals surface area contributed by atoms with Crippen molar-refractivity contribution < 1.29 is 23.0 Å². The van der Waals surface area contributed by atoms with Crippen LogP contribution in [0, 0.1) is 0 Å². The maximum atomic E-state index is 13.6. The van der Waals surface area contributed by atoms with Crippen LogP contribution < -0.4 is 15.0 Å². The lowest BCUT2D eigenvalue weighted by Gasteiger charge is -2.22. The number of nitrogens with one attached hydrogen (secondary N) is 1. The molecule has 0 saturated carbocycles. The fourth-order valence-corrected chi connectivity index (χ4v) is 3.47. The smallest absolute Gasteiger partial charge is 0.408 e. The molecule has 0 spiro atoms. The third-order valence-corrected chi connectivity index (χ3v) is 5.07. The van der Waals surface area contributed by atoms with Gasteiger partial charge in [0.25, 0.3) is 5.92 Å². The highest BCUT2D eigenvalue weighted by molar-refractivity contribution is 5.68. The Hall–Kier alpha value is -2.90. The van der Waals surface area contributed by atoms with Crippen LogP contribution >= 0.6 is 0 Å². The van der Waals surface area contributed by atoms with E-state index < -0.39 is 17.6 Å². The number of aromatic nitrogens is 1. The Bertz CT molecular complexity index is 923. The van der Waals surface area contributed by atoms with Crippen molar-refractivity contribution in [1.29, 1.82) is 0 Å². The SMILES string of the molecule is C[C@H](NC(=O)OC(C)(C)C)c1ccc(O[C@@H]2CCN(c3cccc(C(C)(F)F)n3)C2)cc1. The van der Waals surface area contributed by atoms with Gasteiger partial charge in [0.05, 0.1) is 12.6 Å². The number of nitrogens with zero attached hydrogens (tertiary/aromatic N) is 2. The van der Waals surface area contributed by atoms with E-state index in [1.165, 1.54) is 6.07 Å². The predicted octanol–water partition coefficient (Wildman–Crippen LogP) is 5.44. The molecule has 2 atom stereocenters. The first-order chi connectivity index (χ1) is 14.9. The highest BCUT2D eigenvalue weighted by Gasteiger charge is 2.29. The average molecular weight is 448 g/mol. The lowest BCUT2D eigenvalue weighted by atomic mass is 10.1. The third kappa shape index (κ3) is 6.55. The average Bonchev–Trinajstić information content (AvgIpc) is 3.15. The summed E-state index contributed by atoms with van der Waals surface area (Å²) in [5, 5.41) is 2.82. The largest absolute Gasteiger partial charge is 0.489 e. The van der Waals surface area contributed by atoms with Gasteiger partial charge < -0.3 is 19.7 Å². The van der Waals surface area contributed by atoms with E-state index in [0.717, 1.165) is 18.9 Å². The van der Waals surface area contributed by atoms with Crippen LogP contribution in [0.3, 0.4) is 0 Å². The molecule has 1 aliphatic rings. The number of alkyl halides is 2. The second-order valence-corrected chi connectivity index (χ2v) is 9.18. The van der Waals surface area contributed by atoms with Crippen molar-refractivity contribution in [1.82, 2.24) is 10.3 Å². The molecule has 0 radical (unpaired) electrons. The van der Waals surface area contributed by atoms with Gasteiger partial charge in [-0.2, -0.15) is 8.78 Å². The van der Waals surface area contributed by atoms with Crippen LogP contribution in [0.25, 0.3) is 0 Å². The molecule has 2 heterocycles. The summed E-state index contributed by atoms with van der Waals surface area (Å²) in [7, 11) is 0. The lowest BCUT2D eigenvalue weighted by Crippen LogP contribution is -2.34. The van der Waals surface area contributed by atoms with Gasteiger partial charge in [-0.3, -0.25) is 0 Å². The van der Waals surface area contributed by atoms with Crippen LogP contribution in [-0.2, 0) is 10.7 Å². The van der Waals surface area contributed by atoms with Gasteiger partial charge in [-0.1, -0.05) is 18.2 Å². The molecule has 1 amide bonds. The van der Waals surface area contributed by atoms with Crippen LogP contribution in [-0.4, -0.2) is 35.9 Å². The fourth-order valence-electron chi connectivity index (χ4n) is 3.47. The summed E-state index contributed by atoms with van der Waals surface area (Å²) in [5.41, 5.74) is 0.145. The highest BCUT2D eigenvalue weighted by Crippen LogP contribution is 2.29. The minimum atomic E-state index is -2.97. The summed E-state index contributed by atoms with van der Waals surface area (Å²) in [4.78, 5) is 18.0. The summed E-state index contributed by atoms with van der Waals surface area (Å²) >= 11 is 0. The minimum absolute atomic E-state index is 0.0641. The van der Waals surface area contributed by atoms with Gasteiger partial charge >= 0.3 is 6.09 Å². The number of rotatable bonds is 6. The van der Waals surface area contributed by atoms with Crippen molar-refractivity contribution in [2.45, 2.75) is 64.7 Å². The van der Waals surface area contributed by atoms with Crippen LogP contribution in [0.1, 0.15) is 58.3 Å². The number of amides is 1. The zero-order valence-electron chi connectivity index (χ0n) is 19.2. The van der Waals surface area contributed by atoms with Crippen molar-refractivity contribution in [3.63, 3.8) is 0 Å². The van der Waals surface area contributed by atoms with Gasteiger partial charge in [-0.15, -0.1) is 0 Å². The summed E-state index contributed by atoms with van der Waals surface area (Å²) in [6.07, 6.45) is 0.243. The highest BCUT2D eigenvalue weighted by atomic mass is 19.3. The monoisotopic (exact) mass is 447 g/mol. The molecular weight excluding hydrogens is 416 g/mol. The molecule has 2 aromatic rings. The molecule has 1 saturated heterocycles. The molecule has 0 unspecified atom stereocenters. The van der Waals surface area contributed by atoms with E-state index in [2.05, 4.69) is 10.3 Å². The number of carbonyl (C=O) groups is 1. The van der Waals surface area contributed by atoms with E-state index in [1.807, 2.05) is 56.9 Å². The van der Waals surface area contributed by atoms with Crippen LogP contribution in [0.2, 0.25) is 0 Å². The molecule has 32 heavy (non-hydrogen) atoms. The second kappa shape index (κ2) is 9.30. The molecule has 1 N–H and O–H groups in total. The van der Waals surface area contributed by atoms with Crippen molar-refractivity contribution in [2.75, 3.05) is 18.0 Å². The summed E-state index contributed by atoms with van der Waals surface area (Å²) in [6, 6.07) is 12.0. The van der Waals surface area contributed by atoms with Crippen molar-refractivity contribution >= 4 is 11.9 Å². The summed E-state index contributed by atoms with van der Waals surface area (Å²) in [5.74, 6) is -1.72. The van der Waals surface area contributed by atoms with E-state index >= 15 is 0 Å². The second-order valence-electron chi connectivity index (χ2n) is 9.18. The van der Waals surface area contributed by atoms with Gasteiger partial charge in [0, 0.05) is 19.9 Å². The number of carbonyl (C=O) groups excluding carboxylic acids is 1. The minimum Gasteiger partial charge on any atom is -0.489 e. The summed E-state index contributed by atoms with van der Waals surface area (Å²) in [6.45, 7) is 9.45. The third-order valence-electron chi connectivity index (χ3n) is 5.07. The van der Waals surface area contributed by atoms with Gasteiger partial charge in [-0.05, 0) is 57.5 Å². The molecule has 3 rings (SSSR count). The van der Waals surface area contributed by atoms with Gasteiger partial charge in [-0.25, -0.2) is 9.78 Å². The van der Waals surface area contributed by atoms with E-state index in [9.17, 15) is 13.6 Å². The molecule has 1 fully saturated rings. The van der Waals surface area contributed by atoms with Crippen molar-refractivity contribution in [2.24, 2.45) is 0 Å². The van der Waals surface area contributed by atoms with Crippen LogP contribution in [0.15, 0.2) is 42.5 Å². The molecule has 1 aromatic carbocycles. The van der Waals surface area contributed by atoms with Gasteiger partial charge in [0.15, 0.2) is 0 Å².